The average molecular weight is 234 g/mol. The van der Waals surface area contributed by atoms with Gasteiger partial charge in [-0.2, -0.15) is 4.98 Å². The number of nitrogens with one attached hydrogen (secondary N) is 1. The van der Waals surface area contributed by atoms with Crippen LogP contribution in [0.5, 0.6) is 5.75 Å². The monoisotopic (exact) mass is 234 g/mol. The van der Waals surface area contributed by atoms with Gasteiger partial charge < -0.3 is 19.6 Å². The number of carboxylic acid groups (broad SMARTS) is 1. The highest BCUT2D eigenvalue weighted by atomic mass is 16.5. The minimum atomic E-state index is -1.14. The lowest BCUT2D eigenvalue weighted by molar-refractivity contribution is 0.0690. The van der Waals surface area contributed by atoms with E-state index in [2.05, 4.69) is 10.3 Å². The van der Waals surface area contributed by atoms with Gasteiger partial charge in [-0.25, -0.2) is 4.79 Å². The van der Waals surface area contributed by atoms with Gasteiger partial charge in [-0.3, -0.25) is 0 Å². The van der Waals surface area contributed by atoms with Crippen molar-refractivity contribution in [2.45, 2.75) is 0 Å². The third kappa shape index (κ3) is 2.36. The van der Waals surface area contributed by atoms with Crippen molar-refractivity contribution in [1.29, 1.82) is 0 Å². The second-order valence-corrected chi connectivity index (χ2v) is 3.17. The number of anilines is 2. The molecule has 2 N–H and O–H groups in total. The van der Waals surface area contributed by atoms with Crippen LogP contribution in [-0.4, -0.2) is 23.2 Å². The maximum Gasteiger partial charge on any atom is 0.357 e. The summed E-state index contributed by atoms with van der Waals surface area (Å²) < 4.78 is 10.1. The van der Waals surface area contributed by atoms with Crippen molar-refractivity contribution in [1.82, 2.24) is 4.98 Å². The van der Waals surface area contributed by atoms with E-state index in [1.165, 1.54) is 0 Å². The number of benzene rings is 1. The van der Waals surface area contributed by atoms with Crippen LogP contribution in [0.4, 0.5) is 11.7 Å². The maximum absolute atomic E-state index is 10.6. The molecule has 0 saturated carbocycles. The van der Waals surface area contributed by atoms with Crippen molar-refractivity contribution in [2.24, 2.45) is 0 Å². The van der Waals surface area contributed by atoms with E-state index < -0.39 is 5.97 Å². The second-order valence-electron chi connectivity index (χ2n) is 3.17. The lowest BCUT2D eigenvalue weighted by Gasteiger charge is -2.07. The molecule has 0 radical (unpaired) electrons. The van der Waals surface area contributed by atoms with Crippen LogP contribution in [0, 0.1) is 0 Å². The van der Waals surface area contributed by atoms with Gasteiger partial charge in [0.2, 0.25) is 0 Å². The number of carboxylic acids is 1. The number of nitrogens with zero attached hydrogens (tertiary/aromatic N) is 1. The molecule has 0 atom stereocenters. The van der Waals surface area contributed by atoms with Crippen molar-refractivity contribution in [3.63, 3.8) is 0 Å². The van der Waals surface area contributed by atoms with Crippen LogP contribution in [0.25, 0.3) is 0 Å². The number of para-hydroxylation sites is 2. The van der Waals surface area contributed by atoms with E-state index >= 15 is 0 Å². The average Bonchev–Trinajstić information content (AvgIpc) is 2.78. The Bertz CT molecular complexity index is 536. The zero-order valence-corrected chi connectivity index (χ0v) is 9.01. The molecule has 0 aliphatic heterocycles. The fourth-order valence-corrected chi connectivity index (χ4v) is 1.29. The molecule has 6 nitrogen and oxygen atoms in total. The lowest BCUT2D eigenvalue weighted by atomic mass is 10.3. The summed E-state index contributed by atoms with van der Waals surface area (Å²) in [5.74, 6) is -0.524. The molecule has 0 aliphatic rings. The van der Waals surface area contributed by atoms with Gasteiger partial charge in [0.1, 0.15) is 12.0 Å². The smallest absolute Gasteiger partial charge is 0.357 e. The number of ether oxygens (including phenoxy) is 1. The Morgan fingerprint density at radius 1 is 1.47 bits per heavy atom. The molecule has 0 aliphatic carbocycles. The van der Waals surface area contributed by atoms with E-state index in [0.717, 1.165) is 6.26 Å². The Morgan fingerprint density at radius 3 is 2.88 bits per heavy atom. The van der Waals surface area contributed by atoms with Gasteiger partial charge in [0.05, 0.1) is 12.8 Å². The van der Waals surface area contributed by atoms with Crippen LogP contribution >= 0.6 is 0 Å². The number of hydrogen-bond acceptors (Lipinski definition) is 5. The fourth-order valence-electron chi connectivity index (χ4n) is 1.29. The topological polar surface area (TPSA) is 84.6 Å². The van der Waals surface area contributed by atoms with E-state index in [1.807, 2.05) is 12.1 Å². The van der Waals surface area contributed by atoms with Crippen LogP contribution in [-0.2, 0) is 0 Å². The highest BCUT2D eigenvalue weighted by Gasteiger charge is 2.11. The molecule has 0 amide bonds. The Hall–Kier alpha value is -2.50. The summed E-state index contributed by atoms with van der Waals surface area (Å²) in [4.78, 5) is 14.4. The highest BCUT2D eigenvalue weighted by Crippen LogP contribution is 2.26. The van der Waals surface area contributed by atoms with E-state index in [-0.39, 0.29) is 11.7 Å². The van der Waals surface area contributed by atoms with Gasteiger partial charge in [0.15, 0.2) is 5.69 Å². The summed E-state index contributed by atoms with van der Waals surface area (Å²) in [6.07, 6.45) is 1.07. The first-order chi connectivity index (χ1) is 8.20. The minimum absolute atomic E-state index is 0.104. The lowest BCUT2D eigenvalue weighted by Crippen LogP contribution is -1.98. The number of aromatic nitrogens is 1. The fraction of sp³-hybridized carbons (Fsp3) is 0.0909. The van der Waals surface area contributed by atoms with Crippen molar-refractivity contribution in [2.75, 3.05) is 12.4 Å². The van der Waals surface area contributed by atoms with Crippen LogP contribution < -0.4 is 10.1 Å². The van der Waals surface area contributed by atoms with Gasteiger partial charge in [-0.15, -0.1) is 0 Å². The Labute approximate surface area is 96.9 Å². The molecule has 0 spiro atoms. The quantitative estimate of drug-likeness (QED) is 0.842. The number of aromatic carboxylic acids is 1. The maximum atomic E-state index is 10.6. The van der Waals surface area contributed by atoms with Gasteiger partial charge in [-0.05, 0) is 12.1 Å². The molecule has 88 valence electrons. The van der Waals surface area contributed by atoms with Gasteiger partial charge in [-0.1, -0.05) is 12.1 Å². The predicted octanol–water partition coefficient (Wildman–Crippen LogP) is 2.12. The van der Waals surface area contributed by atoms with E-state index in [4.69, 9.17) is 14.3 Å². The third-order valence-electron chi connectivity index (χ3n) is 2.07. The molecule has 0 bridgehead atoms. The van der Waals surface area contributed by atoms with Crippen molar-refractivity contribution in [3.05, 3.63) is 36.2 Å². The zero-order chi connectivity index (χ0) is 12.3. The molecule has 1 aromatic carbocycles. The number of carbonyl (C=O) groups is 1. The number of rotatable bonds is 4. The summed E-state index contributed by atoms with van der Waals surface area (Å²) in [6.45, 7) is 0. The molecule has 17 heavy (non-hydrogen) atoms. The first-order valence-corrected chi connectivity index (χ1v) is 4.79. The molecule has 2 rings (SSSR count). The second kappa shape index (κ2) is 4.56. The zero-order valence-electron chi connectivity index (χ0n) is 9.01. The largest absolute Gasteiger partial charge is 0.495 e. The Kier molecular flexibility index (Phi) is 2.95. The molecular weight excluding hydrogens is 224 g/mol. The van der Waals surface area contributed by atoms with E-state index in [1.54, 1.807) is 19.2 Å². The minimum Gasteiger partial charge on any atom is -0.495 e. The number of hydrogen-bond donors (Lipinski definition) is 2. The highest BCUT2D eigenvalue weighted by molar-refractivity contribution is 5.85. The van der Waals surface area contributed by atoms with Gasteiger partial charge in [0.25, 0.3) is 6.01 Å². The normalized spacial score (nSPS) is 9.94. The molecular formula is C11H10N2O4. The van der Waals surface area contributed by atoms with Crippen LogP contribution in [0.3, 0.4) is 0 Å². The molecule has 0 fully saturated rings. The first-order valence-electron chi connectivity index (χ1n) is 4.79. The number of oxazole rings is 1. The summed E-state index contributed by atoms with van der Waals surface area (Å²) in [5.41, 5.74) is 0.496. The van der Waals surface area contributed by atoms with Crippen molar-refractivity contribution in [3.8, 4) is 5.75 Å². The van der Waals surface area contributed by atoms with Crippen LogP contribution in [0.15, 0.2) is 34.9 Å². The standard InChI is InChI=1S/C11H10N2O4/c1-16-9-5-3-2-4-7(9)12-11-13-8(6-17-11)10(14)15/h2-6H,1H3,(H,12,13)(H,14,15). The number of methoxy groups -OCH3 is 1. The van der Waals surface area contributed by atoms with Gasteiger partial charge >= 0.3 is 5.97 Å². The van der Waals surface area contributed by atoms with Crippen molar-refractivity contribution >= 4 is 17.7 Å². The van der Waals surface area contributed by atoms with Crippen molar-refractivity contribution < 1.29 is 19.1 Å². The first kappa shape index (κ1) is 11.0. The van der Waals surface area contributed by atoms with E-state index in [0.29, 0.717) is 11.4 Å². The van der Waals surface area contributed by atoms with Gasteiger partial charge in [0, 0.05) is 0 Å². The summed E-state index contributed by atoms with van der Waals surface area (Å²) in [5, 5.41) is 11.5. The Balaban J connectivity index is 2.22. The van der Waals surface area contributed by atoms with Crippen LogP contribution in [0.1, 0.15) is 10.5 Å². The molecule has 6 heteroatoms. The SMILES string of the molecule is COc1ccccc1Nc1nc(C(=O)O)co1. The molecule has 1 aromatic heterocycles. The summed E-state index contributed by atoms with van der Waals surface area (Å²) in [7, 11) is 1.54. The Morgan fingerprint density at radius 2 is 2.24 bits per heavy atom. The molecule has 0 saturated heterocycles. The molecule has 2 aromatic rings. The third-order valence-corrected chi connectivity index (χ3v) is 2.07. The predicted molar refractivity (Wildman–Crippen MR) is 59.7 cm³/mol. The summed E-state index contributed by atoms with van der Waals surface area (Å²) in [6, 6.07) is 7.27. The van der Waals surface area contributed by atoms with E-state index in [9.17, 15) is 4.79 Å². The molecule has 0 unspecified atom stereocenters. The molecule has 1 heterocycles. The van der Waals surface area contributed by atoms with Crippen LogP contribution in [0.2, 0.25) is 0 Å². The summed E-state index contributed by atoms with van der Waals surface area (Å²) >= 11 is 0.